The van der Waals surface area contributed by atoms with Crippen molar-refractivity contribution in [2.45, 2.75) is 6.92 Å². The second-order valence-corrected chi connectivity index (χ2v) is 5.97. The Kier molecular flexibility index (Phi) is 3.16. The molecule has 0 saturated carbocycles. The summed E-state index contributed by atoms with van der Waals surface area (Å²) in [6.45, 7) is 1.93. The average molecular weight is 323 g/mol. The van der Waals surface area contributed by atoms with Crippen molar-refractivity contribution in [2.75, 3.05) is 11.1 Å². The van der Waals surface area contributed by atoms with E-state index in [0.717, 1.165) is 21.5 Å². The molecule has 0 aliphatic heterocycles. The second kappa shape index (κ2) is 5.33. The van der Waals surface area contributed by atoms with Gasteiger partial charge in [0.1, 0.15) is 5.69 Å². The Labute approximate surface area is 135 Å². The van der Waals surface area contributed by atoms with Gasteiger partial charge in [-0.15, -0.1) is 11.3 Å². The Bertz CT molecular complexity index is 988. The van der Waals surface area contributed by atoms with E-state index in [2.05, 4.69) is 30.5 Å². The lowest BCUT2D eigenvalue weighted by molar-refractivity contribution is 1.05. The first kappa shape index (κ1) is 13.6. The summed E-state index contributed by atoms with van der Waals surface area (Å²) in [5.41, 5.74) is 11.3. The number of nitrogens with zero attached hydrogens (tertiary/aromatic N) is 4. The summed E-state index contributed by atoms with van der Waals surface area (Å²) in [7, 11) is 0. The van der Waals surface area contributed by atoms with Gasteiger partial charge in [0, 0.05) is 17.3 Å². The molecule has 114 valence electrons. The minimum absolute atomic E-state index is 0.358. The monoisotopic (exact) mass is 323 g/mol. The molecule has 1 aromatic carbocycles. The normalized spacial score (nSPS) is 11.0. The minimum atomic E-state index is 0.358. The van der Waals surface area contributed by atoms with Gasteiger partial charge in [0.25, 0.3) is 0 Å². The van der Waals surface area contributed by atoms with Crippen LogP contribution in [0.5, 0.6) is 0 Å². The molecular formula is C15H13N7S. The molecule has 0 spiro atoms. The molecule has 0 aliphatic rings. The number of aryl methyl sites for hydroxylation is 1. The Balaban J connectivity index is 1.67. The van der Waals surface area contributed by atoms with Crippen LogP contribution in [0.2, 0.25) is 0 Å². The largest absolute Gasteiger partial charge is 0.382 e. The van der Waals surface area contributed by atoms with E-state index in [0.29, 0.717) is 23.1 Å². The van der Waals surface area contributed by atoms with Crippen molar-refractivity contribution in [1.29, 1.82) is 0 Å². The summed E-state index contributed by atoms with van der Waals surface area (Å²) in [5.74, 6) is 1.58. The molecule has 0 bridgehead atoms. The van der Waals surface area contributed by atoms with Crippen LogP contribution in [-0.4, -0.2) is 25.1 Å². The van der Waals surface area contributed by atoms with Gasteiger partial charge >= 0.3 is 0 Å². The molecule has 0 saturated heterocycles. The van der Waals surface area contributed by atoms with Gasteiger partial charge < -0.3 is 11.1 Å². The van der Waals surface area contributed by atoms with Crippen LogP contribution in [0.1, 0.15) is 5.69 Å². The highest BCUT2D eigenvalue weighted by Gasteiger charge is 2.09. The zero-order chi connectivity index (χ0) is 15.8. The van der Waals surface area contributed by atoms with Crippen LogP contribution in [-0.2, 0) is 0 Å². The number of hydrogen-bond donors (Lipinski definition) is 3. The summed E-state index contributed by atoms with van der Waals surface area (Å²) in [6.07, 6.45) is 1.64. The first-order valence-corrected chi connectivity index (χ1v) is 7.82. The maximum Gasteiger partial charge on any atom is 0.153 e. The Morgan fingerprint density at radius 3 is 2.87 bits per heavy atom. The molecule has 7 nitrogen and oxygen atoms in total. The molecule has 3 heterocycles. The van der Waals surface area contributed by atoms with Gasteiger partial charge in [-0.05, 0) is 19.1 Å². The lowest BCUT2D eigenvalue weighted by atomic mass is 10.1. The fraction of sp³-hybridized carbons (Fsp3) is 0.0667. The predicted octanol–water partition coefficient (Wildman–Crippen LogP) is 3.11. The summed E-state index contributed by atoms with van der Waals surface area (Å²) >= 11 is 1.60. The van der Waals surface area contributed by atoms with Gasteiger partial charge in [0.05, 0.1) is 21.9 Å². The van der Waals surface area contributed by atoms with Crippen molar-refractivity contribution >= 4 is 39.0 Å². The summed E-state index contributed by atoms with van der Waals surface area (Å²) < 4.78 is 1.13. The van der Waals surface area contributed by atoms with Crippen LogP contribution in [0.4, 0.5) is 17.5 Å². The van der Waals surface area contributed by atoms with Gasteiger partial charge in [-0.25, -0.2) is 15.0 Å². The van der Waals surface area contributed by atoms with E-state index < -0.39 is 0 Å². The molecule has 4 rings (SSSR count). The first-order chi connectivity index (χ1) is 11.2. The lowest BCUT2D eigenvalue weighted by Gasteiger charge is -2.07. The van der Waals surface area contributed by atoms with E-state index in [1.165, 1.54) is 0 Å². The molecule has 0 aliphatic carbocycles. The number of benzene rings is 1. The number of anilines is 3. The topological polar surface area (TPSA) is 105 Å². The molecule has 23 heavy (non-hydrogen) atoms. The molecule has 0 atom stereocenters. The molecule has 4 aromatic rings. The van der Waals surface area contributed by atoms with E-state index in [-0.39, 0.29) is 0 Å². The van der Waals surface area contributed by atoms with Crippen LogP contribution in [0, 0.1) is 6.92 Å². The molecule has 0 unspecified atom stereocenters. The second-order valence-electron chi connectivity index (χ2n) is 5.09. The molecule has 0 amide bonds. The van der Waals surface area contributed by atoms with Crippen LogP contribution in [0.3, 0.4) is 0 Å². The molecule has 3 aromatic heterocycles. The van der Waals surface area contributed by atoms with Crippen molar-refractivity contribution in [2.24, 2.45) is 0 Å². The van der Waals surface area contributed by atoms with Gasteiger partial charge in [-0.3, -0.25) is 5.10 Å². The van der Waals surface area contributed by atoms with Crippen molar-refractivity contribution in [3.8, 4) is 11.3 Å². The smallest absolute Gasteiger partial charge is 0.153 e. The number of thiazole rings is 1. The van der Waals surface area contributed by atoms with E-state index in [9.17, 15) is 0 Å². The highest BCUT2D eigenvalue weighted by Crippen LogP contribution is 2.28. The van der Waals surface area contributed by atoms with Crippen molar-refractivity contribution in [1.82, 2.24) is 25.1 Å². The van der Waals surface area contributed by atoms with Gasteiger partial charge in [-0.1, -0.05) is 6.07 Å². The maximum absolute atomic E-state index is 6.07. The molecular weight excluding hydrogens is 310 g/mol. The molecule has 4 N–H and O–H groups in total. The zero-order valence-corrected chi connectivity index (χ0v) is 13.1. The van der Waals surface area contributed by atoms with Crippen molar-refractivity contribution in [3.63, 3.8) is 0 Å². The Morgan fingerprint density at radius 1 is 1.17 bits per heavy atom. The number of hydrogen-bond acceptors (Lipinski definition) is 7. The number of nitrogen functional groups attached to an aromatic ring is 1. The predicted molar refractivity (Wildman–Crippen MR) is 91.7 cm³/mol. The summed E-state index contributed by atoms with van der Waals surface area (Å²) in [6, 6.07) is 7.84. The van der Waals surface area contributed by atoms with Crippen LogP contribution in [0.25, 0.3) is 21.5 Å². The molecule has 0 radical (unpaired) electrons. The Morgan fingerprint density at radius 2 is 2.09 bits per heavy atom. The van der Waals surface area contributed by atoms with Crippen LogP contribution >= 0.6 is 11.3 Å². The van der Waals surface area contributed by atoms with Crippen molar-refractivity contribution < 1.29 is 0 Å². The third-order valence-corrected chi connectivity index (χ3v) is 4.18. The van der Waals surface area contributed by atoms with E-state index in [1.54, 1.807) is 17.5 Å². The third-order valence-electron chi connectivity index (χ3n) is 3.37. The summed E-state index contributed by atoms with van der Waals surface area (Å²) in [4.78, 5) is 13.1. The van der Waals surface area contributed by atoms with Crippen LogP contribution < -0.4 is 11.1 Å². The van der Waals surface area contributed by atoms with Crippen LogP contribution in [0.15, 0.2) is 36.0 Å². The number of fused-ring (bicyclic) bond motifs is 1. The van der Waals surface area contributed by atoms with Crippen molar-refractivity contribution in [3.05, 3.63) is 41.7 Å². The van der Waals surface area contributed by atoms with E-state index in [1.807, 2.05) is 36.7 Å². The highest BCUT2D eigenvalue weighted by atomic mass is 32.1. The zero-order valence-electron chi connectivity index (χ0n) is 12.2. The first-order valence-electron chi connectivity index (χ1n) is 6.94. The number of nitrogens with one attached hydrogen (secondary N) is 2. The summed E-state index contributed by atoms with van der Waals surface area (Å²) in [5, 5.41) is 10.0. The average Bonchev–Trinajstić information content (AvgIpc) is 3.15. The van der Waals surface area contributed by atoms with E-state index in [4.69, 9.17) is 5.73 Å². The fourth-order valence-electron chi connectivity index (χ4n) is 2.30. The quantitative estimate of drug-likeness (QED) is 0.535. The molecule has 8 heteroatoms. The van der Waals surface area contributed by atoms with E-state index >= 15 is 0 Å². The fourth-order valence-corrected chi connectivity index (χ4v) is 2.96. The highest BCUT2D eigenvalue weighted by molar-refractivity contribution is 7.16. The SMILES string of the molecule is Cc1cc(Nc2cnc(-c3ccc4scnc4c3)c(N)n2)n[nH]1. The minimum Gasteiger partial charge on any atom is -0.382 e. The number of rotatable bonds is 3. The molecule has 0 fully saturated rings. The standard InChI is InChI=1S/C15H13N7S/c1-8-4-12(22-21-8)19-13-6-17-14(15(16)20-13)9-2-3-11-10(5-9)18-7-23-11/h2-7H,1H3,(H4,16,19,20,21,22). The number of H-pyrrole nitrogens is 1. The lowest BCUT2D eigenvalue weighted by Crippen LogP contribution is -2.01. The van der Waals surface area contributed by atoms with Gasteiger partial charge in [0.15, 0.2) is 17.5 Å². The van der Waals surface area contributed by atoms with Gasteiger partial charge in [0.2, 0.25) is 0 Å². The maximum atomic E-state index is 6.07. The van der Waals surface area contributed by atoms with Gasteiger partial charge in [-0.2, -0.15) is 5.10 Å². The Hall–Kier alpha value is -3.00. The number of nitrogens with two attached hydrogens (primary N) is 1. The number of aromatic nitrogens is 5. The third kappa shape index (κ3) is 2.59. The number of aromatic amines is 1.